The molecule has 0 spiro atoms. The summed E-state index contributed by atoms with van der Waals surface area (Å²) < 4.78 is 6.70. The fourth-order valence-corrected chi connectivity index (χ4v) is 9.02. The second-order valence-corrected chi connectivity index (χ2v) is 12.8. The number of carbonyl (C=O) groups is 1. The van der Waals surface area contributed by atoms with Crippen LogP contribution in [-0.2, 0) is 9.53 Å². The number of fused-ring (bicyclic) bond motifs is 7. The van der Waals surface area contributed by atoms with Crippen molar-refractivity contribution < 1.29 is 14.6 Å². The highest BCUT2D eigenvalue weighted by molar-refractivity contribution is 5.72. The van der Waals surface area contributed by atoms with Gasteiger partial charge in [0.25, 0.3) is 0 Å². The van der Waals surface area contributed by atoms with Gasteiger partial charge >= 0.3 is 0 Å². The molecule has 0 aromatic heterocycles. The molecular formula is C29H45NO3. The number of hydrogen-bond acceptors (Lipinski definition) is 3. The van der Waals surface area contributed by atoms with Gasteiger partial charge in [-0.1, -0.05) is 32.4 Å². The number of hydrogen-bond donors (Lipinski definition) is 2. The maximum Gasteiger partial charge on any atom is 0.216 e. The van der Waals surface area contributed by atoms with Gasteiger partial charge in [-0.05, 0) is 98.4 Å². The van der Waals surface area contributed by atoms with E-state index in [2.05, 4.69) is 39.1 Å². The molecule has 2 N–H and O–H groups in total. The van der Waals surface area contributed by atoms with Gasteiger partial charge in [0.1, 0.15) is 6.10 Å². The molecule has 4 heteroatoms. The lowest BCUT2D eigenvalue weighted by atomic mass is 9.47. The summed E-state index contributed by atoms with van der Waals surface area (Å²) in [6.07, 6.45) is 13.0. The molecule has 1 amide bonds. The number of allylic oxidation sites excluding steroid dienone is 2. The molecule has 3 saturated carbocycles. The standard InChI is InChI=1S/C29H45NO3/c1-17(16-30-19(3)31)6-9-25-18(2)27-26(33-25)15-24-22-8-7-20-14-21(32)10-12-28(20,4)23(22)11-13-29(24,27)5/h7,17,21-24,26-27,32H,6,8-16H2,1-5H3,(H,30,31)/t17-,21+,22-,23+,24+,26-,27+,28+,29+/m1/s1. The molecule has 9 atom stereocenters. The van der Waals surface area contributed by atoms with Crippen molar-refractivity contribution in [1.29, 1.82) is 0 Å². The average molecular weight is 456 g/mol. The van der Waals surface area contributed by atoms with Crippen molar-refractivity contribution in [2.24, 2.45) is 40.4 Å². The zero-order valence-corrected chi connectivity index (χ0v) is 21.5. The van der Waals surface area contributed by atoms with E-state index in [0.717, 1.165) is 56.4 Å². The highest BCUT2D eigenvalue weighted by atomic mass is 16.5. The van der Waals surface area contributed by atoms with Crippen LogP contribution in [0.4, 0.5) is 0 Å². The van der Waals surface area contributed by atoms with Crippen LogP contribution in [0.5, 0.6) is 0 Å². The van der Waals surface area contributed by atoms with Crippen LogP contribution in [0.15, 0.2) is 23.0 Å². The Morgan fingerprint density at radius 1 is 1.27 bits per heavy atom. The van der Waals surface area contributed by atoms with Crippen LogP contribution in [0.25, 0.3) is 0 Å². The molecule has 3 fully saturated rings. The lowest BCUT2D eigenvalue weighted by Crippen LogP contribution is -2.50. The predicted octanol–water partition coefficient (Wildman–Crippen LogP) is 5.76. The minimum absolute atomic E-state index is 0.0569. The van der Waals surface area contributed by atoms with Crippen LogP contribution in [-0.4, -0.2) is 29.8 Å². The van der Waals surface area contributed by atoms with Crippen molar-refractivity contribution in [3.05, 3.63) is 23.0 Å². The minimum atomic E-state index is -0.124. The van der Waals surface area contributed by atoms with Gasteiger partial charge in [0.05, 0.1) is 11.9 Å². The van der Waals surface area contributed by atoms with Gasteiger partial charge in [-0.3, -0.25) is 4.79 Å². The number of carbonyl (C=O) groups excluding carboxylic acids is 1. The second kappa shape index (κ2) is 8.43. The number of amides is 1. The molecule has 5 rings (SSSR count). The van der Waals surface area contributed by atoms with E-state index in [4.69, 9.17) is 4.74 Å². The first-order valence-electron chi connectivity index (χ1n) is 13.6. The molecule has 0 aromatic rings. The maximum atomic E-state index is 11.2. The third-order valence-electron chi connectivity index (χ3n) is 10.8. The Morgan fingerprint density at radius 2 is 2.06 bits per heavy atom. The summed E-state index contributed by atoms with van der Waals surface area (Å²) in [5.41, 5.74) is 3.75. The van der Waals surface area contributed by atoms with E-state index < -0.39 is 0 Å². The quantitative estimate of drug-likeness (QED) is 0.518. The van der Waals surface area contributed by atoms with Gasteiger partial charge in [0.2, 0.25) is 5.91 Å². The summed E-state index contributed by atoms with van der Waals surface area (Å²) in [5, 5.41) is 13.2. The molecule has 0 saturated heterocycles. The van der Waals surface area contributed by atoms with Gasteiger partial charge in [0, 0.05) is 25.8 Å². The fraction of sp³-hybridized carbons (Fsp3) is 0.828. The van der Waals surface area contributed by atoms with Crippen molar-refractivity contribution >= 4 is 5.91 Å². The van der Waals surface area contributed by atoms with E-state index in [9.17, 15) is 9.90 Å². The third-order valence-corrected chi connectivity index (χ3v) is 10.8. The Hall–Kier alpha value is -1.29. The number of aliphatic hydroxyl groups is 1. The third kappa shape index (κ3) is 3.79. The fourth-order valence-electron chi connectivity index (χ4n) is 9.02. The van der Waals surface area contributed by atoms with Gasteiger partial charge < -0.3 is 15.2 Å². The van der Waals surface area contributed by atoms with Crippen LogP contribution < -0.4 is 5.32 Å². The van der Waals surface area contributed by atoms with Crippen LogP contribution in [0.3, 0.4) is 0 Å². The van der Waals surface area contributed by atoms with Gasteiger partial charge in [-0.25, -0.2) is 0 Å². The molecular weight excluding hydrogens is 410 g/mol. The topological polar surface area (TPSA) is 58.6 Å². The monoisotopic (exact) mass is 455 g/mol. The Bertz CT molecular complexity index is 861. The molecule has 4 aliphatic carbocycles. The lowest BCUT2D eigenvalue weighted by molar-refractivity contribution is -0.119. The molecule has 1 aliphatic heterocycles. The summed E-state index contributed by atoms with van der Waals surface area (Å²) >= 11 is 0. The van der Waals surface area contributed by atoms with Crippen molar-refractivity contribution in [2.75, 3.05) is 6.54 Å². The molecule has 1 heterocycles. The first kappa shape index (κ1) is 23.5. The smallest absolute Gasteiger partial charge is 0.216 e. The number of nitrogens with one attached hydrogen (secondary N) is 1. The van der Waals surface area contributed by atoms with Crippen molar-refractivity contribution in [2.45, 2.75) is 105 Å². The van der Waals surface area contributed by atoms with E-state index in [1.807, 2.05) is 0 Å². The number of aliphatic hydroxyl groups excluding tert-OH is 1. The zero-order chi connectivity index (χ0) is 23.5. The van der Waals surface area contributed by atoms with Crippen LogP contribution in [0, 0.1) is 40.4 Å². The van der Waals surface area contributed by atoms with Gasteiger partial charge in [-0.2, -0.15) is 0 Å². The summed E-state index contributed by atoms with van der Waals surface area (Å²) in [6.45, 7) is 12.0. The van der Waals surface area contributed by atoms with Crippen LogP contribution in [0.1, 0.15) is 92.4 Å². The summed E-state index contributed by atoms with van der Waals surface area (Å²) in [5.74, 6) is 4.66. The van der Waals surface area contributed by atoms with Crippen molar-refractivity contribution in [1.82, 2.24) is 5.32 Å². The molecule has 0 unspecified atom stereocenters. The second-order valence-electron chi connectivity index (χ2n) is 12.8. The molecule has 0 aromatic carbocycles. The molecule has 4 nitrogen and oxygen atoms in total. The van der Waals surface area contributed by atoms with E-state index >= 15 is 0 Å². The molecule has 5 aliphatic rings. The largest absolute Gasteiger partial charge is 0.494 e. The van der Waals surface area contributed by atoms with Gasteiger partial charge in [0.15, 0.2) is 0 Å². The average Bonchev–Trinajstić information content (AvgIpc) is 3.24. The first-order valence-corrected chi connectivity index (χ1v) is 13.6. The van der Waals surface area contributed by atoms with E-state index in [1.165, 1.54) is 37.0 Å². The normalized spacial score (nSPS) is 44.7. The van der Waals surface area contributed by atoms with Crippen LogP contribution in [0.2, 0.25) is 0 Å². The van der Waals surface area contributed by atoms with E-state index in [-0.39, 0.29) is 12.0 Å². The van der Waals surface area contributed by atoms with Crippen molar-refractivity contribution in [3.8, 4) is 0 Å². The highest BCUT2D eigenvalue weighted by Crippen LogP contribution is 2.68. The van der Waals surface area contributed by atoms with E-state index in [0.29, 0.717) is 28.8 Å². The maximum absolute atomic E-state index is 11.2. The minimum Gasteiger partial charge on any atom is -0.494 e. The predicted molar refractivity (Wildman–Crippen MR) is 131 cm³/mol. The highest BCUT2D eigenvalue weighted by Gasteiger charge is 2.63. The van der Waals surface area contributed by atoms with Crippen LogP contribution >= 0.6 is 0 Å². The molecule has 0 bridgehead atoms. The first-order chi connectivity index (χ1) is 15.6. The van der Waals surface area contributed by atoms with Crippen molar-refractivity contribution in [3.63, 3.8) is 0 Å². The van der Waals surface area contributed by atoms with Gasteiger partial charge in [-0.15, -0.1) is 0 Å². The Kier molecular flexibility index (Phi) is 5.99. The zero-order valence-electron chi connectivity index (χ0n) is 21.5. The summed E-state index contributed by atoms with van der Waals surface area (Å²) in [6, 6.07) is 0. The number of ether oxygens (including phenoxy) is 1. The lowest BCUT2D eigenvalue weighted by Gasteiger charge is -2.57. The Morgan fingerprint density at radius 3 is 2.82 bits per heavy atom. The summed E-state index contributed by atoms with van der Waals surface area (Å²) in [4.78, 5) is 11.2. The Labute approximate surface area is 200 Å². The molecule has 0 radical (unpaired) electrons. The Balaban J connectivity index is 1.30. The SMILES string of the molecule is CC(=O)NC[C@H](C)CCC1=C(C)[C@H]2[C@@H](C[C@H]3[C@@H]4CC=C5C[C@@H](O)CC[C@]5(C)[C@H]4CC[C@@]32C)O1. The molecule has 184 valence electrons. The van der Waals surface area contributed by atoms with E-state index in [1.54, 1.807) is 12.5 Å². The molecule has 33 heavy (non-hydrogen) atoms. The number of rotatable bonds is 5. The summed E-state index contributed by atoms with van der Waals surface area (Å²) in [7, 11) is 0.